The second-order valence-corrected chi connectivity index (χ2v) is 11.0. The van der Waals surface area contributed by atoms with Crippen LogP contribution in [0.3, 0.4) is 0 Å². The third kappa shape index (κ3) is 5.71. The van der Waals surface area contributed by atoms with E-state index in [-0.39, 0.29) is 0 Å². The van der Waals surface area contributed by atoms with E-state index in [4.69, 9.17) is 27.1 Å². The van der Waals surface area contributed by atoms with Crippen molar-refractivity contribution in [1.82, 2.24) is 9.97 Å². The number of aromatic nitrogens is 2. The molecule has 1 fully saturated rings. The van der Waals surface area contributed by atoms with E-state index in [1.54, 1.807) is 19.2 Å². The number of nitrogens with one attached hydrogen (secondary N) is 2. The van der Waals surface area contributed by atoms with Crippen LogP contribution in [0.15, 0.2) is 65.7 Å². The first kappa shape index (κ1) is 25.4. The van der Waals surface area contributed by atoms with Crippen LogP contribution in [-0.2, 0) is 11.0 Å². The van der Waals surface area contributed by atoms with Crippen molar-refractivity contribution in [2.45, 2.75) is 49.6 Å². The highest BCUT2D eigenvalue weighted by Gasteiger charge is 2.20. The molecule has 0 spiro atoms. The number of nitrogens with zero attached hydrogens (tertiary/aromatic N) is 2. The Labute approximate surface area is 224 Å². The Kier molecular flexibility index (Phi) is 7.60. The van der Waals surface area contributed by atoms with Gasteiger partial charge in [-0.05, 0) is 85.7 Å². The Hall–Kier alpha value is -3.20. The molecule has 37 heavy (non-hydrogen) atoms. The van der Waals surface area contributed by atoms with E-state index >= 15 is 0 Å². The second kappa shape index (κ2) is 11.0. The summed E-state index contributed by atoms with van der Waals surface area (Å²) in [4.78, 5) is 9.88. The first-order chi connectivity index (χ1) is 17.9. The van der Waals surface area contributed by atoms with Crippen molar-refractivity contribution in [1.29, 1.82) is 0 Å². The fourth-order valence-corrected chi connectivity index (χ4v) is 5.99. The van der Waals surface area contributed by atoms with Crippen LogP contribution < -0.4 is 20.5 Å². The van der Waals surface area contributed by atoms with Gasteiger partial charge >= 0.3 is 0 Å². The molecule has 0 amide bonds. The number of fused-ring (bicyclic) bond motifs is 1. The molecule has 192 valence electrons. The molecular formula is C28H30ClN5O2S. The van der Waals surface area contributed by atoms with Crippen LogP contribution in [0, 0.1) is 6.92 Å². The van der Waals surface area contributed by atoms with Gasteiger partial charge in [0, 0.05) is 29.4 Å². The van der Waals surface area contributed by atoms with Gasteiger partial charge in [0.1, 0.15) is 11.3 Å². The van der Waals surface area contributed by atoms with Crippen molar-refractivity contribution in [3.8, 4) is 16.9 Å². The summed E-state index contributed by atoms with van der Waals surface area (Å²) in [5.41, 5.74) is 10.6. The maximum atomic E-state index is 12.8. The van der Waals surface area contributed by atoms with Gasteiger partial charge in [-0.15, -0.1) is 0 Å². The van der Waals surface area contributed by atoms with Crippen molar-refractivity contribution >= 4 is 45.1 Å². The van der Waals surface area contributed by atoms with Gasteiger partial charge in [0.05, 0.1) is 17.0 Å². The molecule has 1 atom stereocenters. The van der Waals surface area contributed by atoms with Gasteiger partial charge in [0.25, 0.3) is 0 Å². The lowest BCUT2D eigenvalue weighted by Gasteiger charge is -2.26. The Morgan fingerprint density at radius 2 is 1.86 bits per heavy atom. The zero-order chi connectivity index (χ0) is 25.9. The van der Waals surface area contributed by atoms with Gasteiger partial charge < -0.3 is 20.5 Å². The molecule has 0 radical (unpaired) electrons. The summed E-state index contributed by atoms with van der Waals surface area (Å²) in [6.07, 6.45) is 5.91. The van der Waals surface area contributed by atoms with Crippen LogP contribution in [-0.4, -0.2) is 33.4 Å². The molecule has 7 nitrogen and oxygen atoms in total. The van der Waals surface area contributed by atoms with Gasteiger partial charge in [-0.25, -0.2) is 14.2 Å². The first-order valence-corrected chi connectivity index (χ1v) is 13.8. The van der Waals surface area contributed by atoms with Crippen LogP contribution in [0.4, 0.5) is 11.6 Å². The highest BCUT2D eigenvalue weighted by molar-refractivity contribution is 7.86. The zero-order valence-electron chi connectivity index (χ0n) is 20.8. The van der Waals surface area contributed by atoms with E-state index in [0.29, 0.717) is 33.7 Å². The van der Waals surface area contributed by atoms with E-state index < -0.39 is 11.0 Å². The second-order valence-electron chi connectivity index (χ2n) is 9.40. The lowest BCUT2D eigenvalue weighted by molar-refractivity contribution is 0.409. The monoisotopic (exact) mass is 535 g/mol. The topological polar surface area (TPSA) is 102 Å². The summed E-state index contributed by atoms with van der Waals surface area (Å²) >= 11 is 6.20. The average Bonchev–Trinajstić information content (AvgIpc) is 2.89. The molecule has 4 N–H and O–H groups in total. The van der Waals surface area contributed by atoms with Gasteiger partial charge in [-0.3, -0.25) is 0 Å². The number of anilines is 2. The molecule has 0 aliphatic heterocycles. The first-order valence-electron chi connectivity index (χ1n) is 12.3. The van der Waals surface area contributed by atoms with E-state index in [1.165, 1.54) is 0 Å². The molecule has 1 aliphatic carbocycles. The highest BCUT2D eigenvalue weighted by atomic mass is 35.5. The number of hydrogen-bond donors (Lipinski definition) is 3. The standard InChI is InChI=1S/C28H30ClN5O2S/c1-17-13-22(34-37(35)26-6-4-3-5-24(26)29)11-12-23(17)18-14-19-16-31-28(33-27(19)25(15-18)36-2)32-21-9-7-20(30)8-10-21/h3-6,11-16,20-21,34H,7-10,30H2,1-2H3,(H,31,32,33). The van der Waals surface area contributed by atoms with Crippen LogP contribution in [0.5, 0.6) is 5.75 Å². The molecular weight excluding hydrogens is 506 g/mol. The molecule has 5 rings (SSSR count). The molecule has 4 aromatic rings. The number of nitrogens with two attached hydrogens (primary N) is 1. The fourth-order valence-electron chi connectivity index (χ4n) is 4.75. The minimum absolute atomic E-state index is 0.298. The fraction of sp³-hybridized carbons (Fsp3) is 0.286. The van der Waals surface area contributed by atoms with E-state index in [1.807, 2.05) is 49.5 Å². The molecule has 0 bridgehead atoms. The van der Waals surface area contributed by atoms with Crippen molar-refractivity contribution in [2.24, 2.45) is 5.73 Å². The van der Waals surface area contributed by atoms with Crippen LogP contribution >= 0.6 is 11.6 Å². The smallest absolute Gasteiger partial charge is 0.223 e. The lowest BCUT2D eigenvalue weighted by atomic mass is 9.92. The lowest BCUT2D eigenvalue weighted by Crippen LogP contribution is -2.33. The van der Waals surface area contributed by atoms with Crippen molar-refractivity contribution in [3.63, 3.8) is 0 Å². The van der Waals surface area contributed by atoms with Gasteiger partial charge in [0.2, 0.25) is 5.95 Å². The summed E-state index contributed by atoms with van der Waals surface area (Å²) in [6, 6.07) is 17.7. The largest absolute Gasteiger partial charge is 0.494 e. The van der Waals surface area contributed by atoms with Crippen molar-refractivity contribution in [3.05, 3.63) is 71.4 Å². The minimum atomic E-state index is -1.47. The number of hydrogen-bond acceptors (Lipinski definition) is 6. The van der Waals surface area contributed by atoms with Crippen molar-refractivity contribution < 1.29 is 8.95 Å². The minimum Gasteiger partial charge on any atom is -0.494 e. The molecule has 0 saturated heterocycles. The number of ether oxygens (including phenoxy) is 1. The molecule has 1 saturated carbocycles. The van der Waals surface area contributed by atoms with Crippen LogP contribution in [0.25, 0.3) is 22.0 Å². The molecule has 1 unspecified atom stereocenters. The van der Waals surface area contributed by atoms with E-state index in [2.05, 4.69) is 21.1 Å². The third-order valence-corrected chi connectivity index (χ3v) is 8.38. The summed E-state index contributed by atoms with van der Waals surface area (Å²) < 4.78 is 21.5. The zero-order valence-corrected chi connectivity index (χ0v) is 22.4. The van der Waals surface area contributed by atoms with E-state index in [9.17, 15) is 4.21 Å². The molecule has 1 heterocycles. The Balaban J connectivity index is 1.39. The number of benzene rings is 3. The number of methoxy groups -OCH3 is 1. The number of rotatable bonds is 7. The molecule has 9 heteroatoms. The molecule has 3 aromatic carbocycles. The van der Waals surface area contributed by atoms with Crippen LogP contribution in [0.2, 0.25) is 5.02 Å². The number of halogens is 1. The summed E-state index contributed by atoms with van der Waals surface area (Å²) in [6.45, 7) is 2.02. The highest BCUT2D eigenvalue weighted by Crippen LogP contribution is 2.34. The van der Waals surface area contributed by atoms with Gasteiger partial charge in [-0.1, -0.05) is 29.8 Å². The van der Waals surface area contributed by atoms with E-state index in [0.717, 1.165) is 59.0 Å². The van der Waals surface area contributed by atoms with Crippen molar-refractivity contribution in [2.75, 3.05) is 17.1 Å². The number of aryl methyl sites for hydroxylation is 1. The van der Waals surface area contributed by atoms with Crippen LogP contribution in [0.1, 0.15) is 31.2 Å². The summed E-state index contributed by atoms with van der Waals surface area (Å²) in [5.74, 6) is 1.29. The Morgan fingerprint density at radius 3 is 2.59 bits per heavy atom. The maximum Gasteiger partial charge on any atom is 0.223 e. The SMILES string of the molecule is COc1cc(-c2ccc(NS(=O)c3ccccc3Cl)cc2C)cc2cnc(NC3CCC(N)CC3)nc12. The Bertz CT molecular complexity index is 1460. The molecule has 1 aromatic heterocycles. The van der Waals surface area contributed by atoms with Gasteiger partial charge in [0.15, 0.2) is 11.0 Å². The Morgan fingerprint density at radius 1 is 1.08 bits per heavy atom. The summed E-state index contributed by atoms with van der Waals surface area (Å²) in [7, 11) is 0.186. The third-order valence-electron chi connectivity index (χ3n) is 6.76. The van der Waals surface area contributed by atoms with Gasteiger partial charge in [-0.2, -0.15) is 0 Å². The summed E-state index contributed by atoms with van der Waals surface area (Å²) in [5, 5.41) is 4.83. The predicted octanol–water partition coefficient (Wildman–Crippen LogP) is 6.08. The predicted molar refractivity (Wildman–Crippen MR) is 152 cm³/mol. The molecule has 1 aliphatic rings. The normalized spacial score (nSPS) is 18.4. The quantitative estimate of drug-likeness (QED) is 0.265. The maximum absolute atomic E-state index is 12.8. The average molecular weight is 536 g/mol.